The van der Waals surface area contributed by atoms with Crippen molar-refractivity contribution in [3.63, 3.8) is 0 Å². The van der Waals surface area contributed by atoms with Crippen LogP contribution in [0.5, 0.6) is 0 Å². The van der Waals surface area contributed by atoms with E-state index in [2.05, 4.69) is 9.71 Å². The molecule has 1 atom stereocenters. The Hall–Kier alpha value is -1.96. The number of hydrogen-bond donors (Lipinski definition) is 2. The summed E-state index contributed by atoms with van der Waals surface area (Å²) in [6, 6.07) is 10.7. The standard InChI is InChI=1S/C20H26N2O4S.ClH/c1-16-8-5-6-11-19(16)27(25,26)22-15-18(17-10-7-13-21-14-17)9-3-2-4-12-20(23)24;/h5-8,10-11,13-14,18,22H,2-4,9,12,15H2,1H3,(H,23,24);1H. The molecule has 2 aromatic rings. The van der Waals surface area contributed by atoms with Gasteiger partial charge in [-0.05, 0) is 48.9 Å². The number of carbonyl (C=O) groups is 1. The maximum atomic E-state index is 12.6. The zero-order valence-corrected chi connectivity index (χ0v) is 17.5. The Morgan fingerprint density at radius 3 is 2.54 bits per heavy atom. The molecule has 0 aliphatic heterocycles. The van der Waals surface area contributed by atoms with Crippen LogP contribution < -0.4 is 4.72 Å². The number of nitrogens with zero attached hydrogens (tertiary/aromatic N) is 1. The van der Waals surface area contributed by atoms with E-state index in [1.807, 2.05) is 18.2 Å². The minimum atomic E-state index is -3.59. The highest BCUT2D eigenvalue weighted by molar-refractivity contribution is 7.89. The van der Waals surface area contributed by atoms with Crippen LogP contribution >= 0.6 is 12.4 Å². The van der Waals surface area contributed by atoms with Crippen LogP contribution in [0, 0.1) is 6.92 Å². The van der Waals surface area contributed by atoms with Crippen molar-refractivity contribution in [2.24, 2.45) is 0 Å². The number of nitrogens with one attached hydrogen (secondary N) is 1. The molecule has 28 heavy (non-hydrogen) atoms. The molecule has 0 saturated carbocycles. The third kappa shape index (κ3) is 7.58. The summed E-state index contributed by atoms with van der Waals surface area (Å²) in [6.45, 7) is 2.05. The fourth-order valence-corrected chi connectivity index (χ4v) is 4.32. The fourth-order valence-electron chi connectivity index (χ4n) is 2.99. The van der Waals surface area contributed by atoms with Gasteiger partial charge in [0.15, 0.2) is 0 Å². The second kappa shape index (κ2) is 11.8. The largest absolute Gasteiger partial charge is 0.481 e. The van der Waals surface area contributed by atoms with Gasteiger partial charge >= 0.3 is 5.97 Å². The molecule has 6 nitrogen and oxygen atoms in total. The first kappa shape index (κ1) is 24.1. The van der Waals surface area contributed by atoms with Crippen LogP contribution in [0.1, 0.15) is 49.1 Å². The summed E-state index contributed by atoms with van der Waals surface area (Å²) in [5.41, 5.74) is 1.68. The quantitative estimate of drug-likeness (QED) is 0.531. The predicted molar refractivity (Wildman–Crippen MR) is 111 cm³/mol. The molecule has 2 N–H and O–H groups in total. The Morgan fingerprint density at radius 1 is 1.14 bits per heavy atom. The van der Waals surface area contributed by atoms with Crippen molar-refractivity contribution in [1.82, 2.24) is 9.71 Å². The van der Waals surface area contributed by atoms with Crippen LogP contribution in [0.4, 0.5) is 0 Å². The zero-order valence-electron chi connectivity index (χ0n) is 15.9. The molecule has 1 aromatic heterocycles. The van der Waals surface area contributed by atoms with Gasteiger partial charge < -0.3 is 5.11 Å². The lowest BCUT2D eigenvalue weighted by Gasteiger charge is -2.18. The maximum Gasteiger partial charge on any atom is 0.303 e. The normalized spacial score (nSPS) is 12.2. The summed E-state index contributed by atoms with van der Waals surface area (Å²) in [4.78, 5) is 15.0. The minimum Gasteiger partial charge on any atom is -0.481 e. The Bertz CT molecular complexity index is 844. The average molecular weight is 427 g/mol. The summed E-state index contributed by atoms with van der Waals surface area (Å²) in [5, 5.41) is 8.72. The van der Waals surface area contributed by atoms with E-state index in [1.54, 1.807) is 37.5 Å². The molecule has 154 valence electrons. The van der Waals surface area contributed by atoms with Gasteiger partial charge in [0.25, 0.3) is 0 Å². The Labute approximate surface area is 172 Å². The second-order valence-electron chi connectivity index (χ2n) is 6.59. The number of aliphatic carboxylic acids is 1. The second-order valence-corrected chi connectivity index (χ2v) is 8.33. The first-order chi connectivity index (χ1) is 12.9. The van der Waals surface area contributed by atoms with Crippen molar-refractivity contribution in [1.29, 1.82) is 0 Å². The van der Waals surface area contributed by atoms with Crippen LogP contribution in [0.15, 0.2) is 53.7 Å². The number of aromatic nitrogens is 1. The van der Waals surface area contributed by atoms with E-state index in [4.69, 9.17) is 5.11 Å². The molecule has 1 unspecified atom stereocenters. The molecule has 8 heteroatoms. The summed E-state index contributed by atoms with van der Waals surface area (Å²) in [6.07, 6.45) is 6.63. The van der Waals surface area contributed by atoms with Gasteiger partial charge in [-0.1, -0.05) is 37.1 Å². The molecule has 0 aliphatic rings. The average Bonchev–Trinajstić information content (AvgIpc) is 2.64. The highest BCUT2D eigenvalue weighted by Crippen LogP contribution is 2.23. The number of carboxylic acids is 1. The predicted octanol–water partition coefficient (Wildman–Crippen LogP) is 3.91. The van der Waals surface area contributed by atoms with E-state index in [1.165, 1.54) is 0 Å². The molecule has 0 bridgehead atoms. The third-order valence-electron chi connectivity index (χ3n) is 4.50. The van der Waals surface area contributed by atoms with Gasteiger partial charge in [-0.15, -0.1) is 12.4 Å². The zero-order chi connectivity index (χ0) is 19.7. The number of sulfonamides is 1. The van der Waals surface area contributed by atoms with Gasteiger partial charge in [0.1, 0.15) is 0 Å². The van der Waals surface area contributed by atoms with Crippen LogP contribution in [-0.4, -0.2) is 31.0 Å². The summed E-state index contributed by atoms with van der Waals surface area (Å²) in [5.74, 6) is -0.799. The van der Waals surface area contributed by atoms with Gasteiger partial charge in [-0.3, -0.25) is 9.78 Å². The lowest BCUT2D eigenvalue weighted by molar-refractivity contribution is -0.137. The number of halogens is 1. The highest BCUT2D eigenvalue weighted by Gasteiger charge is 2.19. The van der Waals surface area contributed by atoms with E-state index in [9.17, 15) is 13.2 Å². The van der Waals surface area contributed by atoms with Gasteiger partial charge in [0, 0.05) is 25.4 Å². The minimum absolute atomic E-state index is 0. The van der Waals surface area contributed by atoms with Crippen LogP contribution in [0.25, 0.3) is 0 Å². The number of rotatable bonds is 11. The summed E-state index contributed by atoms with van der Waals surface area (Å²) in [7, 11) is -3.59. The number of benzene rings is 1. The number of aryl methyl sites for hydroxylation is 1. The Kier molecular flexibility index (Phi) is 10.1. The lowest BCUT2D eigenvalue weighted by Crippen LogP contribution is -2.29. The van der Waals surface area contributed by atoms with E-state index in [0.29, 0.717) is 12.0 Å². The lowest BCUT2D eigenvalue weighted by atomic mass is 9.94. The van der Waals surface area contributed by atoms with Crippen LogP contribution in [0.2, 0.25) is 0 Å². The molecular weight excluding hydrogens is 400 g/mol. The van der Waals surface area contributed by atoms with E-state index >= 15 is 0 Å². The van der Waals surface area contributed by atoms with Crippen molar-refractivity contribution < 1.29 is 18.3 Å². The Balaban J connectivity index is 0.00000392. The Morgan fingerprint density at radius 2 is 1.89 bits per heavy atom. The van der Waals surface area contributed by atoms with Crippen LogP contribution in [-0.2, 0) is 14.8 Å². The van der Waals surface area contributed by atoms with Gasteiger partial charge in [0.05, 0.1) is 4.90 Å². The molecule has 2 rings (SSSR count). The first-order valence-corrected chi connectivity index (χ1v) is 10.6. The van der Waals surface area contributed by atoms with Crippen molar-refractivity contribution in [2.45, 2.75) is 49.8 Å². The smallest absolute Gasteiger partial charge is 0.303 e. The van der Waals surface area contributed by atoms with E-state index < -0.39 is 16.0 Å². The number of carboxylic acid groups (broad SMARTS) is 1. The number of unbranched alkanes of at least 4 members (excludes halogenated alkanes) is 2. The van der Waals surface area contributed by atoms with Gasteiger partial charge in [0.2, 0.25) is 10.0 Å². The highest BCUT2D eigenvalue weighted by atomic mass is 35.5. The van der Waals surface area contributed by atoms with E-state index in [0.717, 1.165) is 24.8 Å². The van der Waals surface area contributed by atoms with Crippen molar-refractivity contribution in [3.8, 4) is 0 Å². The molecule has 0 spiro atoms. The summed E-state index contributed by atoms with van der Waals surface area (Å²) < 4.78 is 28.0. The number of pyridine rings is 1. The maximum absolute atomic E-state index is 12.6. The molecule has 0 aliphatic carbocycles. The molecule has 1 heterocycles. The third-order valence-corrected chi connectivity index (χ3v) is 6.09. The van der Waals surface area contributed by atoms with Gasteiger partial charge in [-0.2, -0.15) is 0 Å². The monoisotopic (exact) mass is 426 g/mol. The molecular formula is C20H27ClN2O4S. The van der Waals surface area contributed by atoms with E-state index in [-0.39, 0.29) is 36.2 Å². The molecule has 1 aromatic carbocycles. The van der Waals surface area contributed by atoms with Gasteiger partial charge in [-0.25, -0.2) is 13.1 Å². The first-order valence-electron chi connectivity index (χ1n) is 9.07. The molecule has 0 saturated heterocycles. The van der Waals surface area contributed by atoms with Crippen molar-refractivity contribution in [3.05, 3.63) is 59.9 Å². The van der Waals surface area contributed by atoms with Crippen molar-refractivity contribution >= 4 is 28.4 Å². The van der Waals surface area contributed by atoms with Crippen LogP contribution in [0.3, 0.4) is 0 Å². The molecule has 0 fully saturated rings. The molecule has 0 amide bonds. The SMILES string of the molecule is Cc1ccccc1S(=O)(=O)NCC(CCCCCC(=O)O)c1cccnc1.Cl. The fraction of sp³-hybridized carbons (Fsp3) is 0.400. The van der Waals surface area contributed by atoms with Crippen molar-refractivity contribution in [2.75, 3.05) is 6.54 Å². The summed E-state index contributed by atoms with van der Waals surface area (Å²) >= 11 is 0. The topological polar surface area (TPSA) is 96.4 Å². The molecule has 0 radical (unpaired) electrons. The number of hydrogen-bond acceptors (Lipinski definition) is 4.